The van der Waals surface area contributed by atoms with Crippen LogP contribution in [-0.4, -0.2) is 42.2 Å². The van der Waals surface area contributed by atoms with Gasteiger partial charge >= 0.3 is 0 Å². The van der Waals surface area contributed by atoms with Crippen LogP contribution in [0.2, 0.25) is 0 Å². The van der Waals surface area contributed by atoms with Crippen molar-refractivity contribution in [2.75, 3.05) is 24.7 Å². The number of rotatable bonds is 5. The van der Waals surface area contributed by atoms with Crippen molar-refractivity contribution in [1.82, 2.24) is 4.98 Å². The smallest absolute Gasteiger partial charge is 0.157 e. The van der Waals surface area contributed by atoms with E-state index in [0.29, 0.717) is 12.6 Å². The van der Waals surface area contributed by atoms with Crippen LogP contribution in [0.3, 0.4) is 0 Å². The average Bonchev–Trinajstić information content (AvgIpc) is 3.14. The molecule has 140 valence electrons. The molecule has 1 unspecified atom stereocenters. The van der Waals surface area contributed by atoms with E-state index in [1.807, 2.05) is 19.1 Å². The number of anilines is 1. The molecule has 2 fully saturated rings. The quantitative estimate of drug-likeness (QED) is 0.888. The van der Waals surface area contributed by atoms with Crippen LogP contribution in [0.15, 0.2) is 24.3 Å². The van der Waals surface area contributed by atoms with Crippen LogP contribution in [0.4, 0.5) is 5.69 Å². The molecule has 0 aliphatic carbocycles. The number of fused-ring (bicyclic) bond motifs is 1. The van der Waals surface area contributed by atoms with Gasteiger partial charge in [-0.25, -0.2) is 0 Å². The van der Waals surface area contributed by atoms with Crippen LogP contribution in [0.1, 0.15) is 43.4 Å². The number of aryl methyl sites for hydroxylation is 1. The summed E-state index contributed by atoms with van der Waals surface area (Å²) in [4.78, 5) is 7.14. The zero-order chi connectivity index (χ0) is 17.9. The van der Waals surface area contributed by atoms with Crippen molar-refractivity contribution in [3.63, 3.8) is 0 Å². The first-order valence-electron chi connectivity index (χ1n) is 9.75. The van der Waals surface area contributed by atoms with E-state index in [9.17, 15) is 5.11 Å². The summed E-state index contributed by atoms with van der Waals surface area (Å²) in [6, 6.07) is 8.62. The van der Waals surface area contributed by atoms with Gasteiger partial charge in [0.15, 0.2) is 6.29 Å². The summed E-state index contributed by atoms with van der Waals surface area (Å²) in [5.74, 6) is 0. The van der Waals surface area contributed by atoms with Gasteiger partial charge in [-0.3, -0.25) is 4.98 Å². The molecule has 1 aromatic heterocycles. The van der Waals surface area contributed by atoms with Crippen molar-refractivity contribution >= 4 is 16.6 Å². The molecular formula is C21H28N2O3. The summed E-state index contributed by atoms with van der Waals surface area (Å²) in [7, 11) is 0. The Bertz CT molecular complexity index is 758. The van der Waals surface area contributed by atoms with Gasteiger partial charge in [-0.2, -0.15) is 0 Å². The molecule has 1 N–H and O–H groups in total. The predicted molar refractivity (Wildman–Crippen MR) is 102 cm³/mol. The van der Waals surface area contributed by atoms with Gasteiger partial charge in [0.05, 0.1) is 24.8 Å². The lowest BCUT2D eigenvalue weighted by molar-refractivity contribution is -0.164. The second kappa shape index (κ2) is 7.91. The minimum Gasteiger partial charge on any atom is -0.392 e. The lowest BCUT2D eigenvalue weighted by atomic mass is 10.1. The zero-order valence-electron chi connectivity index (χ0n) is 15.5. The number of aromatic nitrogens is 1. The normalized spacial score (nSPS) is 23.7. The largest absolute Gasteiger partial charge is 0.392 e. The van der Waals surface area contributed by atoms with Gasteiger partial charge in [0.1, 0.15) is 0 Å². The molecule has 1 aromatic carbocycles. The minimum atomic E-state index is -0.0331. The average molecular weight is 356 g/mol. The van der Waals surface area contributed by atoms with Gasteiger partial charge in [-0.05, 0) is 56.7 Å². The Morgan fingerprint density at radius 1 is 1.23 bits per heavy atom. The van der Waals surface area contributed by atoms with E-state index in [4.69, 9.17) is 9.47 Å². The highest BCUT2D eigenvalue weighted by Gasteiger charge is 2.28. The Balaban J connectivity index is 1.56. The molecule has 0 spiro atoms. The highest BCUT2D eigenvalue weighted by Crippen LogP contribution is 2.33. The van der Waals surface area contributed by atoms with Gasteiger partial charge < -0.3 is 19.5 Å². The molecule has 0 bridgehead atoms. The number of nitrogens with zero attached hydrogens (tertiary/aromatic N) is 2. The van der Waals surface area contributed by atoms with Crippen molar-refractivity contribution in [3.05, 3.63) is 35.5 Å². The van der Waals surface area contributed by atoms with Gasteiger partial charge in [0.2, 0.25) is 0 Å². The number of pyridine rings is 1. The maximum Gasteiger partial charge on any atom is 0.157 e. The highest BCUT2D eigenvalue weighted by molar-refractivity contribution is 5.92. The first kappa shape index (κ1) is 17.7. The molecule has 0 saturated carbocycles. The molecule has 5 nitrogen and oxygen atoms in total. The first-order valence-corrected chi connectivity index (χ1v) is 9.75. The van der Waals surface area contributed by atoms with E-state index in [2.05, 4.69) is 22.0 Å². The molecule has 5 heteroatoms. The monoisotopic (exact) mass is 356 g/mol. The molecular weight excluding hydrogens is 328 g/mol. The predicted octanol–water partition coefficient (Wildman–Crippen LogP) is 3.55. The van der Waals surface area contributed by atoms with Gasteiger partial charge in [-0.15, -0.1) is 0 Å². The van der Waals surface area contributed by atoms with Crippen molar-refractivity contribution in [2.45, 2.75) is 58.0 Å². The van der Waals surface area contributed by atoms with E-state index < -0.39 is 0 Å². The Labute approximate surface area is 154 Å². The molecule has 4 rings (SSSR count). The SMILES string of the molecule is Cc1cc(N2CCCC2CO[C@H]2CCCCO2)c2ccc(CO)cc2n1. The molecule has 3 heterocycles. The lowest BCUT2D eigenvalue weighted by Crippen LogP contribution is -2.36. The first-order chi connectivity index (χ1) is 12.7. The zero-order valence-corrected chi connectivity index (χ0v) is 15.5. The summed E-state index contributed by atoms with van der Waals surface area (Å²) in [6.07, 6.45) is 5.64. The van der Waals surface area contributed by atoms with Crippen LogP contribution in [0.5, 0.6) is 0 Å². The fraction of sp³-hybridized carbons (Fsp3) is 0.571. The molecule has 0 radical (unpaired) electrons. The molecule has 0 amide bonds. The Kier molecular flexibility index (Phi) is 5.38. The summed E-state index contributed by atoms with van der Waals surface area (Å²) >= 11 is 0. The van der Waals surface area contributed by atoms with Crippen LogP contribution >= 0.6 is 0 Å². The number of aliphatic hydroxyl groups excluding tert-OH is 1. The third-order valence-corrected chi connectivity index (χ3v) is 5.46. The van der Waals surface area contributed by atoms with E-state index >= 15 is 0 Å². The molecule has 2 saturated heterocycles. The Morgan fingerprint density at radius 3 is 2.96 bits per heavy atom. The summed E-state index contributed by atoms with van der Waals surface area (Å²) in [6.45, 7) is 4.65. The topological polar surface area (TPSA) is 54.8 Å². The van der Waals surface area contributed by atoms with Crippen LogP contribution in [0.25, 0.3) is 10.9 Å². The van der Waals surface area contributed by atoms with Crippen LogP contribution < -0.4 is 4.90 Å². The fourth-order valence-electron chi connectivity index (χ4n) is 4.11. The van der Waals surface area contributed by atoms with E-state index in [0.717, 1.165) is 54.6 Å². The number of hydrogen-bond acceptors (Lipinski definition) is 5. The van der Waals surface area contributed by atoms with Gasteiger partial charge in [0, 0.05) is 29.9 Å². The maximum absolute atomic E-state index is 9.42. The van der Waals surface area contributed by atoms with Gasteiger partial charge in [-0.1, -0.05) is 12.1 Å². The fourth-order valence-corrected chi connectivity index (χ4v) is 4.11. The summed E-state index contributed by atoms with van der Waals surface area (Å²) < 4.78 is 11.8. The number of aliphatic hydroxyl groups is 1. The lowest BCUT2D eigenvalue weighted by Gasteiger charge is -2.30. The third kappa shape index (κ3) is 3.70. The van der Waals surface area contributed by atoms with Crippen LogP contribution in [-0.2, 0) is 16.1 Å². The Morgan fingerprint density at radius 2 is 2.15 bits per heavy atom. The van der Waals surface area contributed by atoms with E-state index in [1.165, 1.54) is 18.5 Å². The molecule has 2 aromatic rings. The number of ether oxygens (including phenoxy) is 2. The van der Waals surface area contributed by atoms with Crippen LogP contribution in [0, 0.1) is 6.92 Å². The number of benzene rings is 1. The second-order valence-electron chi connectivity index (χ2n) is 7.41. The molecule has 2 aliphatic heterocycles. The third-order valence-electron chi connectivity index (χ3n) is 5.46. The van der Waals surface area contributed by atoms with Crippen molar-refractivity contribution < 1.29 is 14.6 Å². The molecule has 2 aliphatic rings. The van der Waals surface area contributed by atoms with Crippen molar-refractivity contribution in [1.29, 1.82) is 0 Å². The summed E-state index contributed by atoms with van der Waals surface area (Å²) in [5.41, 5.74) is 4.09. The molecule has 2 atom stereocenters. The van der Waals surface area contributed by atoms with Crippen molar-refractivity contribution in [3.8, 4) is 0 Å². The van der Waals surface area contributed by atoms with E-state index in [-0.39, 0.29) is 12.9 Å². The second-order valence-corrected chi connectivity index (χ2v) is 7.41. The standard InChI is InChI=1S/C21H28N2O3/c1-15-11-20(18-8-7-16(13-24)12-19(18)22-15)23-9-4-5-17(23)14-26-21-6-2-3-10-25-21/h7-8,11-12,17,21,24H,2-6,9-10,13-14H2,1H3/t17?,21-/m0/s1. The van der Waals surface area contributed by atoms with Crippen molar-refractivity contribution in [2.24, 2.45) is 0 Å². The minimum absolute atomic E-state index is 0.0331. The van der Waals surface area contributed by atoms with E-state index in [1.54, 1.807) is 0 Å². The summed E-state index contributed by atoms with van der Waals surface area (Å²) in [5, 5.41) is 10.6. The number of hydrogen-bond donors (Lipinski definition) is 1. The molecule has 26 heavy (non-hydrogen) atoms. The van der Waals surface area contributed by atoms with Gasteiger partial charge in [0.25, 0.3) is 0 Å². The Hall–Kier alpha value is -1.69. The highest BCUT2D eigenvalue weighted by atomic mass is 16.7. The maximum atomic E-state index is 9.42.